The Morgan fingerprint density at radius 1 is 1.17 bits per heavy atom. The molecule has 0 atom stereocenters. The van der Waals surface area contributed by atoms with E-state index >= 15 is 0 Å². The normalized spacial score (nSPS) is 20.6. The summed E-state index contributed by atoms with van der Waals surface area (Å²) in [6.45, 7) is 1.75. The predicted octanol–water partition coefficient (Wildman–Crippen LogP) is 3.01. The van der Waals surface area contributed by atoms with Crippen molar-refractivity contribution in [2.75, 3.05) is 0 Å². The maximum Gasteiger partial charge on any atom is 0.314 e. The summed E-state index contributed by atoms with van der Waals surface area (Å²) in [7, 11) is 0. The zero-order chi connectivity index (χ0) is 16.8. The number of hydrogen-bond donors (Lipinski definition) is 0. The minimum Gasteiger partial charge on any atom is -0.462 e. The molecule has 0 unspecified atom stereocenters. The number of esters is 2. The van der Waals surface area contributed by atoms with Gasteiger partial charge in [0.25, 0.3) is 5.69 Å². The van der Waals surface area contributed by atoms with E-state index < -0.39 is 4.92 Å². The smallest absolute Gasteiger partial charge is 0.314 e. The van der Waals surface area contributed by atoms with Gasteiger partial charge in [0.05, 0.1) is 10.8 Å². The lowest BCUT2D eigenvalue weighted by Crippen LogP contribution is -2.30. The van der Waals surface area contributed by atoms with Crippen LogP contribution in [0.4, 0.5) is 5.69 Å². The van der Waals surface area contributed by atoms with Crippen molar-refractivity contribution < 1.29 is 24.0 Å². The first kappa shape index (κ1) is 16.9. The first-order valence-electron chi connectivity index (χ1n) is 7.65. The van der Waals surface area contributed by atoms with Crippen LogP contribution in [0.3, 0.4) is 0 Å². The number of hydrogen-bond acceptors (Lipinski definition) is 6. The average Bonchev–Trinajstić information content (AvgIpc) is 2.55. The fraction of sp³-hybridized carbons (Fsp3) is 0.500. The predicted molar refractivity (Wildman–Crippen MR) is 80.9 cm³/mol. The molecule has 1 fully saturated rings. The first-order chi connectivity index (χ1) is 11.0. The van der Waals surface area contributed by atoms with E-state index in [9.17, 15) is 19.7 Å². The number of carbonyl (C=O) groups is 2. The zero-order valence-corrected chi connectivity index (χ0v) is 12.9. The van der Waals surface area contributed by atoms with E-state index in [1.54, 1.807) is 6.92 Å². The lowest BCUT2D eigenvalue weighted by atomic mass is 9.87. The van der Waals surface area contributed by atoms with Crippen LogP contribution in [0.15, 0.2) is 24.3 Å². The number of nitro groups is 1. The molecular weight excluding hydrogens is 302 g/mol. The molecular formula is C16H19NO6. The second-order valence-corrected chi connectivity index (χ2v) is 5.49. The van der Waals surface area contributed by atoms with Gasteiger partial charge in [-0.2, -0.15) is 0 Å². The second kappa shape index (κ2) is 7.71. The summed E-state index contributed by atoms with van der Waals surface area (Å²) in [5.41, 5.74) is -0.0527. The molecule has 0 saturated heterocycles. The number of carbonyl (C=O) groups excluding carboxylic acids is 2. The third-order valence-corrected chi connectivity index (χ3v) is 3.86. The number of non-ortho nitro benzene ring substituents is 1. The third kappa shape index (κ3) is 4.77. The second-order valence-electron chi connectivity index (χ2n) is 5.49. The molecule has 1 aliphatic carbocycles. The fourth-order valence-electron chi connectivity index (χ4n) is 2.52. The van der Waals surface area contributed by atoms with Crippen molar-refractivity contribution in [3.63, 3.8) is 0 Å². The fourth-order valence-corrected chi connectivity index (χ4v) is 2.52. The van der Waals surface area contributed by atoms with Crippen LogP contribution in [0.5, 0.6) is 5.75 Å². The van der Waals surface area contributed by atoms with E-state index in [2.05, 4.69) is 0 Å². The molecule has 0 bridgehead atoms. The van der Waals surface area contributed by atoms with Gasteiger partial charge < -0.3 is 9.47 Å². The van der Waals surface area contributed by atoms with Crippen molar-refractivity contribution in [1.82, 2.24) is 0 Å². The van der Waals surface area contributed by atoms with E-state index in [4.69, 9.17) is 9.47 Å². The van der Waals surface area contributed by atoms with E-state index in [0.717, 1.165) is 0 Å². The summed E-state index contributed by atoms with van der Waals surface area (Å²) in [4.78, 5) is 33.4. The van der Waals surface area contributed by atoms with E-state index in [1.165, 1.54) is 24.3 Å². The molecule has 7 heteroatoms. The molecule has 1 aliphatic rings. The molecule has 0 amide bonds. The van der Waals surface area contributed by atoms with Crippen LogP contribution >= 0.6 is 0 Å². The zero-order valence-electron chi connectivity index (χ0n) is 12.9. The van der Waals surface area contributed by atoms with E-state index in [-0.39, 0.29) is 29.6 Å². The van der Waals surface area contributed by atoms with Crippen LogP contribution in [-0.2, 0) is 14.3 Å². The Morgan fingerprint density at radius 2 is 1.78 bits per heavy atom. The number of nitro benzene ring substituents is 1. The van der Waals surface area contributed by atoms with Crippen LogP contribution < -0.4 is 4.74 Å². The molecule has 7 nitrogen and oxygen atoms in total. The molecule has 0 spiro atoms. The van der Waals surface area contributed by atoms with Crippen molar-refractivity contribution >= 4 is 17.6 Å². The Morgan fingerprint density at radius 3 is 2.30 bits per heavy atom. The van der Waals surface area contributed by atoms with Gasteiger partial charge >= 0.3 is 11.9 Å². The van der Waals surface area contributed by atoms with E-state index in [1.807, 2.05) is 0 Å². The van der Waals surface area contributed by atoms with Crippen LogP contribution in [0.1, 0.15) is 39.0 Å². The third-order valence-electron chi connectivity index (χ3n) is 3.86. The molecule has 0 aromatic heterocycles. The number of ether oxygens (including phenoxy) is 2. The summed E-state index contributed by atoms with van der Waals surface area (Å²) in [5, 5.41) is 10.6. The van der Waals surface area contributed by atoms with Crippen LogP contribution in [0.25, 0.3) is 0 Å². The molecule has 1 aromatic carbocycles. The van der Waals surface area contributed by atoms with Crippen LogP contribution in [0, 0.1) is 16.0 Å². The Labute approximate surface area is 133 Å². The largest absolute Gasteiger partial charge is 0.462 e. The highest BCUT2D eigenvalue weighted by Crippen LogP contribution is 2.28. The van der Waals surface area contributed by atoms with Crippen molar-refractivity contribution in [3.05, 3.63) is 34.4 Å². The van der Waals surface area contributed by atoms with Crippen LogP contribution in [-0.4, -0.2) is 23.0 Å². The number of benzene rings is 1. The molecule has 23 heavy (non-hydrogen) atoms. The van der Waals surface area contributed by atoms with Crippen molar-refractivity contribution in [3.8, 4) is 5.75 Å². The highest BCUT2D eigenvalue weighted by atomic mass is 16.6. The quantitative estimate of drug-likeness (QED) is 0.358. The molecule has 0 N–H and O–H groups in total. The summed E-state index contributed by atoms with van der Waals surface area (Å²) in [6.07, 6.45) is 2.73. The van der Waals surface area contributed by atoms with Crippen molar-refractivity contribution in [2.24, 2.45) is 5.92 Å². The van der Waals surface area contributed by atoms with Gasteiger partial charge in [0.15, 0.2) is 0 Å². The van der Waals surface area contributed by atoms with Crippen molar-refractivity contribution in [2.45, 2.75) is 45.1 Å². The van der Waals surface area contributed by atoms with Gasteiger partial charge in [-0.3, -0.25) is 19.7 Å². The van der Waals surface area contributed by atoms with Gasteiger partial charge in [0.1, 0.15) is 11.9 Å². The maximum atomic E-state index is 12.1. The monoisotopic (exact) mass is 321 g/mol. The maximum absolute atomic E-state index is 12.1. The van der Waals surface area contributed by atoms with Gasteiger partial charge in [0.2, 0.25) is 0 Å². The number of nitrogens with zero attached hydrogens (tertiary/aromatic N) is 1. The van der Waals surface area contributed by atoms with E-state index in [0.29, 0.717) is 37.9 Å². The molecule has 1 aromatic rings. The molecule has 1 saturated carbocycles. The molecule has 0 radical (unpaired) electrons. The topological polar surface area (TPSA) is 95.7 Å². The average molecular weight is 321 g/mol. The standard InChI is InChI=1S/C16H19NO6/c1-2-15(18)22-13-7-3-11(4-8-13)16(19)23-14-9-5-12(6-10-14)17(20)21/h5-6,9-11,13H,2-4,7-8H2,1H3/t11-,13-. The highest BCUT2D eigenvalue weighted by molar-refractivity contribution is 5.75. The minimum atomic E-state index is -0.509. The van der Waals surface area contributed by atoms with Crippen LogP contribution in [0.2, 0.25) is 0 Å². The molecule has 124 valence electrons. The molecule has 2 rings (SSSR count). The van der Waals surface area contributed by atoms with Gasteiger partial charge in [-0.15, -0.1) is 0 Å². The Balaban J connectivity index is 1.83. The summed E-state index contributed by atoms with van der Waals surface area (Å²) < 4.78 is 10.5. The first-order valence-corrected chi connectivity index (χ1v) is 7.65. The summed E-state index contributed by atoms with van der Waals surface area (Å²) in [5.74, 6) is -0.511. The molecule has 0 heterocycles. The number of rotatable bonds is 5. The van der Waals surface area contributed by atoms with Crippen molar-refractivity contribution in [1.29, 1.82) is 0 Å². The highest BCUT2D eigenvalue weighted by Gasteiger charge is 2.29. The lowest BCUT2D eigenvalue weighted by molar-refractivity contribution is -0.384. The summed E-state index contributed by atoms with van der Waals surface area (Å²) in [6, 6.07) is 5.41. The van der Waals surface area contributed by atoms with Gasteiger partial charge in [-0.25, -0.2) is 0 Å². The Kier molecular flexibility index (Phi) is 5.67. The SMILES string of the molecule is CCC(=O)O[C@H]1CC[C@H](C(=O)Oc2ccc([N+](=O)[O-])cc2)CC1. The van der Waals surface area contributed by atoms with Gasteiger partial charge in [0, 0.05) is 18.6 Å². The van der Waals surface area contributed by atoms with Gasteiger partial charge in [-0.1, -0.05) is 6.92 Å². The Bertz CT molecular complexity index is 575. The summed E-state index contributed by atoms with van der Waals surface area (Å²) >= 11 is 0. The molecule has 0 aliphatic heterocycles. The lowest BCUT2D eigenvalue weighted by Gasteiger charge is -2.26. The Hall–Kier alpha value is -2.44. The van der Waals surface area contributed by atoms with Gasteiger partial charge in [-0.05, 0) is 37.8 Å². The minimum absolute atomic E-state index is 0.0527.